The molecule has 0 saturated carbocycles. The second-order valence-electron chi connectivity index (χ2n) is 7.42. The third kappa shape index (κ3) is 4.14. The van der Waals surface area contributed by atoms with Gasteiger partial charge >= 0.3 is 0 Å². The van der Waals surface area contributed by atoms with Crippen LogP contribution in [0, 0.1) is 16.0 Å². The van der Waals surface area contributed by atoms with E-state index >= 15 is 0 Å². The zero-order valence-electron chi connectivity index (χ0n) is 16.6. The molecule has 1 saturated heterocycles. The van der Waals surface area contributed by atoms with E-state index in [9.17, 15) is 23.3 Å². The fourth-order valence-electron chi connectivity index (χ4n) is 3.89. The van der Waals surface area contributed by atoms with Crippen LogP contribution < -0.4 is 5.32 Å². The average Bonchev–Trinajstić information content (AvgIpc) is 2.79. The highest BCUT2D eigenvalue weighted by Crippen LogP contribution is 2.30. The minimum atomic E-state index is -4.01. The van der Waals surface area contributed by atoms with E-state index in [2.05, 4.69) is 5.32 Å². The standard InChI is InChI=1S/C22H21N3O5S/c26-22(23-19-9-5-7-16-6-1-2-8-18(16)19)17-12-14-24(15-13-17)31(29,30)21-11-4-3-10-20(21)25(27)28/h1-11,17H,12-15H2,(H,23,26). The molecule has 1 aliphatic heterocycles. The first-order chi connectivity index (χ1) is 14.9. The molecule has 0 spiro atoms. The Balaban J connectivity index is 1.46. The van der Waals surface area contributed by atoms with Crippen molar-refractivity contribution in [2.45, 2.75) is 17.7 Å². The van der Waals surface area contributed by atoms with Crippen molar-refractivity contribution in [2.75, 3.05) is 18.4 Å². The van der Waals surface area contributed by atoms with Crippen molar-refractivity contribution in [3.8, 4) is 0 Å². The molecule has 1 heterocycles. The number of para-hydroxylation sites is 1. The van der Waals surface area contributed by atoms with Gasteiger partial charge in [-0.1, -0.05) is 48.5 Å². The molecule has 0 unspecified atom stereocenters. The van der Waals surface area contributed by atoms with Crippen LogP contribution in [0.1, 0.15) is 12.8 Å². The number of benzene rings is 3. The number of carbonyl (C=O) groups is 1. The van der Waals surface area contributed by atoms with Gasteiger partial charge in [0.2, 0.25) is 15.9 Å². The van der Waals surface area contributed by atoms with Gasteiger partial charge in [-0.25, -0.2) is 8.42 Å². The average molecular weight is 439 g/mol. The Morgan fingerprint density at radius 3 is 2.35 bits per heavy atom. The van der Waals surface area contributed by atoms with Gasteiger partial charge in [-0.3, -0.25) is 14.9 Å². The number of amides is 1. The Hall–Kier alpha value is -3.30. The molecule has 1 aliphatic rings. The summed E-state index contributed by atoms with van der Waals surface area (Å²) < 4.78 is 27.1. The van der Waals surface area contributed by atoms with Crippen LogP contribution >= 0.6 is 0 Å². The number of rotatable bonds is 5. The number of sulfonamides is 1. The molecule has 8 nitrogen and oxygen atoms in total. The lowest BCUT2D eigenvalue weighted by molar-refractivity contribution is -0.387. The normalized spacial score (nSPS) is 15.6. The second kappa shape index (κ2) is 8.44. The largest absolute Gasteiger partial charge is 0.325 e. The molecule has 1 N–H and O–H groups in total. The lowest BCUT2D eigenvalue weighted by Crippen LogP contribution is -2.41. The summed E-state index contributed by atoms with van der Waals surface area (Å²) in [5.74, 6) is -0.490. The van der Waals surface area contributed by atoms with Crippen molar-refractivity contribution in [1.29, 1.82) is 0 Å². The molecule has 0 aromatic heterocycles. The minimum absolute atomic E-state index is 0.127. The van der Waals surface area contributed by atoms with Crippen LogP contribution in [0.2, 0.25) is 0 Å². The maximum absolute atomic E-state index is 12.9. The maximum atomic E-state index is 12.9. The highest BCUT2D eigenvalue weighted by Gasteiger charge is 2.35. The first kappa shape index (κ1) is 21.0. The molecule has 3 aromatic rings. The zero-order chi connectivity index (χ0) is 22.0. The van der Waals surface area contributed by atoms with Crippen LogP contribution in [0.15, 0.2) is 71.6 Å². The summed E-state index contributed by atoms with van der Waals surface area (Å²) in [6.45, 7) is 0.254. The Kier molecular flexibility index (Phi) is 5.71. The second-order valence-corrected chi connectivity index (χ2v) is 9.33. The first-order valence-corrected chi connectivity index (χ1v) is 11.3. The van der Waals surface area contributed by atoms with Gasteiger partial charge in [0.25, 0.3) is 5.69 Å². The number of fused-ring (bicyclic) bond motifs is 1. The zero-order valence-corrected chi connectivity index (χ0v) is 17.4. The minimum Gasteiger partial charge on any atom is -0.325 e. The van der Waals surface area contributed by atoms with Gasteiger partial charge in [-0.05, 0) is 30.4 Å². The summed E-state index contributed by atoms with van der Waals surface area (Å²) in [7, 11) is -4.01. The van der Waals surface area contributed by atoms with Crippen LogP contribution in [0.5, 0.6) is 0 Å². The number of hydrogen-bond acceptors (Lipinski definition) is 5. The molecule has 1 amide bonds. The number of anilines is 1. The van der Waals surface area contributed by atoms with Crippen LogP contribution in [-0.2, 0) is 14.8 Å². The highest BCUT2D eigenvalue weighted by atomic mass is 32.2. The fourth-order valence-corrected chi connectivity index (χ4v) is 5.52. The summed E-state index contributed by atoms with van der Waals surface area (Å²) in [6.07, 6.45) is 0.687. The molecule has 3 aromatic carbocycles. The predicted octanol–water partition coefficient (Wildman–Crippen LogP) is 3.79. The molecule has 0 atom stereocenters. The molecule has 1 fully saturated rings. The van der Waals surface area contributed by atoms with E-state index in [-0.39, 0.29) is 29.8 Å². The van der Waals surface area contributed by atoms with Gasteiger partial charge in [-0.15, -0.1) is 0 Å². The molecule has 0 radical (unpaired) electrons. The van der Waals surface area contributed by atoms with E-state index in [0.29, 0.717) is 12.8 Å². The van der Waals surface area contributed by atoms with Crippen molar-refractivity contribution >= 4 is 38.1 Å². The quantitative estimate of drug-likeness (QED) is 0.480. The number of nitrogens with zero attached hydrogens (tertiary/aromatic N) is 2. The Morgan fingerprint density at radius 1 is 0.968 bits per heavy atom. The van der Waals surface area contributed by atoms with Gasteiger partial charge in [0.1, 0.15) is 0 Å². The number of nitrogens with one attached hydrogen (secondary N) is 1. The Bertz CT molecular complexity index is 1250. The van der Waals surface area contributed by atoms with Crippen molar-refractivity contribution in [2.24, 2.45) is 5.92 Å². The van der Waals surface area contributed by atoms with Gasteiger partial charge < -0.3 is 5.32 Å². The number of hydrogen-bond donors (Lipinski definition) is 1. The van der Waals surface area contributed by atoms with E-state index < -0.39 is 20.6 Å². The van der Waals surface area contributed by atoms with E-state index in [1.807, 2.05) is 42.5 Å². The van der Waals surface area contributed by atoms with Gasteiger partial charge in [0, 0.05) is 36.1 Å². The molecular formula is C22H21N3O5S. The monoisotopic (exact) mass is 439 g/mol. The molecule has 9 heteroatoms. The molecule has 0 aliphatic carbocycles. The van der Waals surface area contributed by atoms with Crippen molar-refractivity contribution in [3.05, 3.63) is 76.8 Å². The number of carbonyl (C=O) groups excluding carboxylic acids is 1. The van der Waals surface area contributed by atoms with E-state index in [0.717, 1.165) is 16.5 Å². The number of piperidine rings is 1. The molecule has 160 valence electrons. The summed E-state index contributed by atoms with van der Waals surface area (Å²) in [6, 6.07) is 18.7. The van der Waals surface area contributed by atoms with Gasteiger partial charge in [0.15, 0.2) is 4.90 Å². The Morgan fingerprint density at radius 2 is 1.61 bits per heavy atom. The number of nitro groups is 1. The lowest BCUT2D eigenvalue weighted by atomic mass is 9.97. The molecule has 4 rings (SSSR count). The number of nitro benzene ring substituents is 1. The summed E-state index contributed by atoms with van der Waals surface area (Å²) in [5.41, 5.74) is 0.274. The third-order valence-electron chi connectivity index (χ3n) is 5.55. The third-order valence-corrected chi connectivity index (χ3v) is 7.50. The van der Waals surface area contributed by atoms with Crippen LogP contribution in [-0.4, -0.2) is 36.6 Å². The van der Waals surface area contributed by atoms with Crippen molar-refractivity contribution in [3.63, 3.8) is 0 Å². The van der Waals surface area contributed by atoms with E-state index in [1.54, 1.807) is 0 Å². The van der Waals surface area contributed by atoms with Crippen molar-refractivity contribution in [1.82, 2.24) is 4.31 Å². The molecule has 0 bridgehead atoms. The van der Waals surface area contributed by atoms with Crippen LogP contribution in [0.4, 0.5) is 11.4 Å². The molecule has 31 heavy (non-hydrogen) atoms. The fraction of sp³-hybridized carbons (Fsp3) is 0.227. The lowest BCUT2D eigenvalue weighted by Gasteiger charge is -2.30. The summed E-state index contributed by atoms with van der Waals surface area (Å²) in [5, 5.41) is 16.2. The first-order valence-electron chi connectivity index (χ1n) is 9.90. The highest BCUT2D eigenvalue weighted by molar-refractivity contribution is 7.89. The summed E-state index contributed by atoms with van der Waals surface area (Å²) in [4.78, 5) is 23.0. The van der Waals surface area contributed by atoms with Crippen LogP contribution in [0.3, 0.4) is 0 Å². The maximum Gasteiger partial charge on any atom is 0.289 e. The Labute approximate surface area is 179 Å². The molecular weight excluding hydrogens is 418 g/mol. The van der Waals surface area contributed by atoms with Crippen LogP contribution in [0.25, 0.3) is 10.8 Å². The van der Waals surface area contributed by atoms with Gasteiger partial charge in [0.05, 0.1) is 4.92 Å². The smallest absolute Gasteiger partial charge is 0.289 e. The van der Waals surface area contributed by atoms with E-state index in [1.165, 1.54) is 28.6 Å². The topological polar surface area (TPSA) is 110 Å². The SMILES string of the molecule is O=C(Nc1cccc2ccccc12)C1CCN(S(=O)(=O)c2ccccc2[N+](=O)[O-])CC1. The summed E-state index contributed by atoms with van der Waals surface area (Å²) >= 11 is 0. The van der Waals surface area contributed by atoms with Crippen molar-refractivity contribution < 1.29 is 18.1 Å². The van der Waals surface area contributed by atoms with E-state index in [4.69, 9.17) is 0 Å². The predicted molar refractivity (Wildman–Crippen MR) is 117 cm³/mol. The van der Waals surface area contributed by atoms with Gasteiger partial charge in [-0.2, -0.15) is 4.31 Å².